The van der Waals surface area contributed by atoms with Crippen LogP contribution in [0.15, 0.2) is 77.8 Å². The molecule has 34 heavy (non-hydrogen) atoms. The van der Waals surface area contributed by atoms with E-state index in [1.165, 1.54) is 17.0 Å². The fourth-order valence-electron chi connectivity index (χ4n) is 3.90. The molecule has 0 spiro atoms. The van der Waals surface area contributed by atoms with E-state index < -0.39 is 0 Å². The van der Waals surface area contributed by atoms with Gasteiger partial charge in [0.25, 0.3) is 11.1 Å². The topological polar surface area (TPSA) is 42.3 Å². The maximum Gasteiger partial charge on any atom is 0.293 e. The summed E-state index contributed by atoms with van der Waals surface area (Å²) in [6, 6.07) is 19.0. The number of benzene rings is 3. The number of imide groups is 1. The van der Waals surface area contributed by atoms with Crippen molar-refractivity contribution < 1.29 is 14.0 Å². The van der Waals surface area contributed by atoms with E-state index in [1.54, 1.807) is 30.3 Å². The number of halogens is 3. The molecule has 2 amide bonds. The maximum atomic E-state index is 13.2. The molecule has 1 fully saturated rings. The quantitative estimate of drug-likeness (QED) is 0.263. The molecule has 0 bridgehead atoms. The monoisotopic (exact) mass is 510 g/mol. The lowest BCUT2D eigenvalue weighted by molar-refractivity contribution is -0.123. The molecule has 8 heteroatoms. The van der Waals surface area contributed by atoms with Crippen LogP contribution in [0.1, 0.15) is 16.7 Å². The highest BCUT2D eigenvalue weighted by Gasteiger charge is 2.35. The zero-order chi connectivity index (χ0) is 23.8. The Morgan fingerprint density at radius 3 is 2.47 bits per heavy atom. The second kappa shape index (κ2) is 9.29. The van der Waals surface area contributed by atoms with Gasteiger partial charge in [-0.05, 0) is 59.3 Å². The van der Waals surface area contributed by atoms with Gasteiger partial charge in [0, 0.05) is 39.3 Å². The molecular weight excluding hydrogens is 494 g/mol. The number of thioether (sulfide) groups is 1. The predicted octanol–water partition coefficient (Wildman–Crippen LogP) is 7.37. The molecule has 0 saturated carbocycles. The number of para-hydroxylation sites is 1. The summed E-state index contributed by atoms with van der Waals surface area (Å²) in [5.74, 6) is -0.731. The van der Waals surface area contributed by atoms with Crippen molar-refractivity contribution in [3.63, 3.8) is 0 Å². The van der Waals surface area contributed by atoms with Gasteiger partial charge in [0.15, 0.2) is 0 Å². The molecule has 0 unspecified atom stereocenters. The Morgan fingerprint density at radius 2 is 1.71 bits per heavy atom. The smallest absolute Gasteiger partial charge is 0.293 e. The molecule has 0 radical (unpaired) electrons. The van der Waals surface area contributed by atoms with Crippen LogP contribution in [0.4, 0.5) is 9.18 Å². The number of carbonyl (C=O) groups excluding carboxylic acids is 2. The molecule has 2 heterocycles. The van der Waals surface area contributed by atoms with Crippen LogP contribution in [0.5, 0.6) is 0 Å². The second-order valence-corrected chi connectivity index (χ2v) is 9.70. The number of hydrogen-bond acceptors (Lipinski definition) is 3. The second-order valence-electron chi connectivity index (χ2n) is 7.86. The first kappa shape index (κ1) is 22.7. The Bertz CT molecular complexity index is 1460. The Hall–Kier alpha value is -3.06. The third kappa shape index (κ3) is 4.49. The number of carbonyl (C=O) groups is 2. The van der Waals surface area contributed by atoms with Gasteiger partial charge in [-0.2, -0.15) is 0 Å². The molecule has 5 rings (SSSR count). The van der Waals surface area contributed by atoms with Crippen molar-refractivity contribution in [2.45, 2.75) is 13.1 Å². The van der Waals surface area contributed by atoms with Crippen LogP contribution < -0.4 is 0 Å². The van der Waals surface area contributed by atoms with Gasteiger partial charge in [-0.15, -0.1) is 0 Å². The minimum absolute atomic E-state index is 0.0963. The average Bonchev–Trinajstić information content (AvgIpc) is 3.29. The van der Waals surface area contributed by atoms with Gasteiger partial charge in [-0.3, -0.25) is 14.5 Å². The lowest BCUT2D eigenvalue weighted by Crippen LogP contribution is -2.27. The number of hydrogen-bond donors (Lipinski definition) is 0. The molecule has 0 N–H and O–H groups in total. The molecule has 1 saturated heterocycles. The Labute approximate surface area is 209 Å². The van der Waals surface area contributed by atoms with E-state index in [0.29, 0.717) is 27.1 Å². The fourth-order valence-corrected chi connectivity index (χ4v) is 5.20. The standard InChI is InChI=1S/C26H17Cl2FN2O2S/c27-19-8-7-17(22(28)12-19)14-30-15-18(21-3-1-2-4-23(21)30)11-24-25(32)31(26(33)34-24)13-16-5-9-20(29)10-6-16/h1-12,15H,13-14H2/b24-11+. The molecule has 1 aliphatic rings. The summed E-state index contributed by atoms with van der Waals surface area (Å²) in [6.07, 6.45) is 3.70. The zero-order valence-electron chi connectivity index (χ0n) is 17.7. The van der Waals surface area contributed by atoms with Crippen LogP contribution >= 0.6 is 35.0 Å². The van der Waals surface area contributed by atoms with Crippen molar-refractivity contribution in [1.29, 1.82) is 0 Å². The maximum absolute atomic E-state index is 13.2. The van der Waals surface area contributed by atoms with E-state index in [2.05, 4.69) is 4.57 Å². The molecule has 4 aromatic rings. The van der Waals surface area contributed by atoms with Crippen LogP contribution in [0, 0.1) is 5.82 Å². The number of aromatic nitrogens is 1. The summed E-state index contributed by atoms with van der Waals surface area (Å²) in [6.45, 7) is 0.621. The van der Waals surface area contributed by atoms with Crippen molar-refractivity contribution in [2.75, 3.05) is 0 Å². The number of nitrogens with zero attached hydrogens (tertiary/aromatic N) is 2. The van der Waals surface area contributed by atoms with Crippen LogP contribution in [0.3, 0.4) is 0 Å². The minimum atomic E-state index is -0.367. The van der Waals surface area contributed by atoms with Crippen molar-refractivity contribution in [2.24, 2.45) is 0 Å². The first-order chi connectivity index (χ1) is 16.4. The molecule has 1 aliphatic heterocycles. The summed E-state index contributed by atoms with van der Waals surface area (Å²) in [5.41, 5.74) is 3.40. The van der Waals surface area contributed by atoms with E-state index in [0.717, 1.165) is 33.8 Å². The predicted molar refractivity (Wildman–Crippen MR) is 135 cm³/mol. The van der Waals surface area contributed by atoms with Gasteiger partial charge in [0.1, 0.15) is 5.82 Å². The van der Waals surface area contributed by atoms with Gasteiger partial charge in [-0.1, -0.05) is 59.6 Å². The van der Waals surface area contributed by atoms with Gasteiger partial charge in [0.2, 0.25) is 0 Å². The van der Waals surface area contributed by atoms with E-state index in [-0.39, 0.29) is 23.5 Å². The number of rotatable bonds is 5. The van der Waals surface area contributed by atoms with Crippen molar-refractivity contribution in [3.05, 3.63) is 110 Å². The summed E-state index contributed by atoms with van der Waals surface area (Å²) >= 11 is 13.3. The summed E-state index contributed by atoms with van der Waals surface area (Å²) in [7, 11) is 0. The van der Waals surface area contributed by atoms with Crippen molar-refractivity contribution in [1.82, 2.24) is 9.47 Å². The molecule has 0 aliphatic carbocycles. The fraction of sp³-hybridized carbons (Fsp3) is 0.0769. The summed E-state index contributed by atoms with van der Waals surface area (Å²) in [4.78, 5) is 27.1. The third-order valence-electron chi connectivity index (χ3n) is 5.59. The highest BCUT2D eigenvalue weighted by Crippen LogP contribution is 2.35. The first-order valence-corrected chi connectivity index (χ1v) is 12.0. The molecule has 1 aromatic heterocycles. The first-order valence-electron chi connectivity index (χ1n) is 10.4. The van der Waals surface area contributed by atoms with Crippen LogP contribution in [-0.4, -0.2) is 20.6 Å². The van der Waals surface area contributed by atoms with Crippen LogP contribution in [-0.2, 0) is 17.9 Å². The van der Waals surface area contributed by atoms with Crippen molar-refractivity contribution in [3.8, 4) is 0 Å². The molecule has 3 aromatic carbocycles. The molecule has 4 nitrogen and oxygen atoms in total. The third-order valence-corrected chi connectivity index (χ3v) is 7.08. The lowest BCUT2D eigenvalue weighted by atomic mass is 10.1. The van der Waals surface area contributed by atoms with E-state index in [1.807, 2.05) is 36.5 Å². The van der Waals surface area contributed by atoms with Gasteiger partial charge < -0.3 is 4.57 Å². The molecule has 0 atom stereocenters. The highest BCUT2D eigenvalue weighted by molar-refractivity contribution is 8.18. The average molecular weight is 511 g/mol. The largest absolute Gasteiger partial charge is 0.342 e. The van der Waals surface area contributed by atoms with E-state index in [4.69, 9.17) is 23.2 Å². The minimum Gasteiger partial charge on any atom is -0.342 e. The highest BCUT2D eigenvalue weighted by atomic mass is 35.5. The van der Waals surface area contributed by atoms with Crippen LogP contribution in [0.25, 0.3) is 17.0 Å². The summed E-state index contributed by atoms with van der Waals surface area (Å²) < 4.78 is 15.2. The van der Waals surface area contributed by atoms with Gasteiger partial charge in [0.05, 0.1) is 11.4 Å². The van der Waals surface area contributed by atoms with Crippen LogP contribution in [0.2, 0.25) is 10.0 Å². The Morgan fingerprint density at radius 1 is 0.941 bits per heavy atom. The van der Waals surface area contributed by atoms with E-state index in [9.17, 15) is 14.0 Å². The zero-order valence-corrected chi connectivity index (χ0v) is 20.0. The van der Waals surface area contributed by atoms with E-state index >= 15 is 0 Å². The van der Waals surface area contributed by atoms with Crippen molar-refractivity contribution >= 4 is 63.1 Å². The normalized spacial score (nSPS) is 15.1. The lowest BCUT2D eigenvalue weighted by Gasteiger charge is -2.12. The molecule has 170 valence electrons. The number of amides is 2. The number of fused-ring (bicyclic) bond motifs is 1. The Balaban J connectivity index is 1.46. The van der Waals surface area contributed by atoms with Gasteiger partial charge in [-0.25, -0.2) is 4.39 Å². The Kier molecular flexibility index (Phi) is 6.21. The van der Waals surface area contributed by atoms with Gasteiger partial charge >= 0.3 is 0 Å². The summed E-state index contributed by atoms with van der Waals surface area (Å²) in [5, 5.41) is 1.76. The SMILES string of the molecule is O=C1S/C(=C/c2cn(Cc3ccc(Cl)cc3Cl)c3ccccc23)C(=O)N1Cc1ccc(F)cc1. The molecular formula is C26H17Cl2FN2O2S.